The van der Waals surface area contributed by atoms with E-state index in [0.717, 1.165) is 35.5 Å². The molecule has 6 rings (SSSR count). The van der Waals surface area contributed by atoms with Crippen molar-refractivity contribution in [3.8, 4) is 11.8 Å². The predicted molar refractivity (Wildman–Crippen MR) is 167 cm³/mol. The second kappa shape index (κ2) is 14.9. The molecular formula is C30H29ClFN5O7S2. The minimum Gasteiger partial charge on any atom is -0.458 e. The van der Waals surface area contributed by atoms with Gasteiger partial charge in [0, 0.05) is 47.7 Å². The molecule has 0 radical (unpaired) electrons. The van der Waals surface area contributed by atoms with Crippen LogP contribution in [0.3, 0.4) is 0 Å². The van der Waals surface area contributed by atoms with E-state index in [-0.39, 0.29) is 22.4 Å². The molecule has 0 aliphatic carbocycles. The molecule has 3 heterocycles. The molecule has 0 atom stereocenters. The normalized spacial score (nSPS) is 12.3. The Morgan fingerprint density at radius 1 is 0.891 bits per heavy atom. The van der Waals surface area contributed by atoms with Crippen molar-refractivity contribution in [1.29, 1.82) is 0 Å². The molecular weight excluding hydrogens is 661 g/mol. The van der Waals surface area contributed by atoms with Crippen molar-refractivity contribution < 1.29 is 35.1 Å². The zero-order chi connectivity index (χ0) is 33.5. The molecule has 46 heavy (non-hydrogen) atoms. The number of ether oxygens (including phenoxy) is 1. The molecule has 0 saturated carbocycles. The van der Waals surface area contributed by atoms with Crippen LogP contribution in [0.25, 0.3) is 5.82 Å². The fourth-order valence-corrected chi connectivity index (χ4v) is 5.02. The molecule has 5 aromatic rings. The molecule has 1 aliphatic heterocycles. The van der Waals surface area contributed by atoms with Crippen molar-refractivity contribution in [2.45, 2.75) is 43.3 Å². The van der Waals surface area contributed by atoms with Crippen molar-refractivity contribution >= 4 is 31.8 Å². The van der Waals surface area contributed by atoms with E-state index >= 15 is 0 Å². The monoisotopic (exact) mass is 689 g/mol. The second-order valence-corrected chi connectivity index (χ2v) is 13.2. The zero-order valence-corrected chi connectivity index (χ0v) is 26.9. The van der Waals surface area contributed by atoms with E-state index < -0.39 is 26.1 Å². The first-order valence-corrected chi connectivity index (χ1v) is 16.7. The highest BCUT2D eigenvalue weighted by Crippen LogP contribution is 2.18. The van der Waals surface area contributed by atoms with E-state index in [1.54, 1.807) is 53.3 Å². The Hall–Kier alpha value is -4.25. The lowest BCUT2D eigenvalue weighted by molar-refractivity contribution is 0.275. The molecule has 0 bridgehead atoms. The maximum atomic E-state index is 13.8. The van der Waals surface area contributed by atoms with Gasteiger partial charge in [0.2, 0.25) is 0 Å². The maximum Gasteiger partial charge on any atom is 0.318 e. The summed E-state index contributed by atoms with van der Waals surface area (Å²) in [7, 11) is -8.04. The summed E-state index contributed by atoms with van der Waals surface area (Å²) in [4.78, 5) is 8.24. The summed E-state index contributed by atoms with van der Waals surface area (Å²) in [6.07, 6.45) is 3.52. The van der Waals surface area contributed by atoms with Crippen LogP contribution >= 0.6 is 11.6 Å². The summed E-state index contributed by atoms with van der Waals surface area (Å²) in [6.45, 7) is 5.26. The molecule has 0 unspecified atom stereocenters. The number of hydrogen-bond acceptors (Lipinski definition) is 9. The Morgan fingerprint density at radius 2 is 1.48 bits per heavy atom. The Bertz CT molecular complexity index is 1930. The van der Waals surface area contributed by atoms with Gasteiger partial charge in [-0.3, -0.25) is 9.11 Å². The fourth-order valence-electron chi connectivity index (χ4n) is 3.91. The van der Waals surface area contributed by atoms with Crippen LogP contribution in [0.2, 0.25) is 5.02 Å². The third-order valence-corrected chi connectivity index (χ3v) is 8.32. The topological polar surface area (TPSA) is 174 Å². The van der Waals surface area contributed by atoms with Crippen molar-refractivity contribution in [2.24, 2.45) is 0 Å². The molecule has 0 amide bonds. The van der Waals surface area contributed by atoms with E-state index in [0.29, 0.717) is 16.4 Å². The Labute approximate surface area is 270 Å². The average Bonchev–Trinajstić information content (AvgIpc) is 3.60. The summed E-state index contributed by atoms with van der Waals surface area (Å²) in [5, 5.41) is 8.05. The molecule has 0 saturated heterocycles. The Morgan fingerprint density at radius 3 is 2.00 bits per heavy atom. The number of hydrogen-bond donors (Lipinski definition) is 3. The van der Waals surface area contributed by atoms with Crippen LogP contribution in [0.1, 0.15) is 27.9 Å². The van der Waals surface area contributed by atoms with Gasteiger partial charge in [0.15, 0.2) is 5.82 Å². The van der Waals surface area contributed by atoms with Gasteiger partial charge in [-0.25, -0.2) is 14.1 Å². The zero-order valence-electron chi connectivity index (χ0n) is 24.5. The first-order valence-electron chi connectivity index (χ1n) is 13.5. The molecule has 2 aromatic heterocycles. The third kappa shape index (κ3) is 9.87. The lowest BCUT2D eigenvalue weighted by Crippen LogP contribution is -2.07. The largest absolute Gasteiger partial charge is 0.458 e. The highest BCUT2D eigenvalue weighted by molar-refractivity contribution is 7.86. The fraction of sp³-hybridized carbons (Fsp3) is 0.167. The van der Waals surface area contributed by atoms with Crippen LogP contribution in [0.4, 0.5) is 4.39 Å². The third-order valence-electron chi connectivity index (χ3n) is 6.35. The molecule has 242 valence electrons. The summed E-state index contributed by atoms with van der Waals surface area (Å²) in [6, 6.07) is 18.3. The van der Waals surface area contributed by atoms with Gasteiger partial charge in [-0.2, -0.15) is 26.9 Å². The van der Waals surface area contributed by atoms with Gasteiger partial charge >= 0.3 is 6.01 Å². The van der Waals surface area contributed by atoms with Gasteiger partial charge in [0.1, 0.15) is 12.4 Å². The van der Waals surface area contributed by atoms with Gasteiger partial charge in [0.25, 0.3) is 20.2 Å². The molecule has 16 heteroatoms. The average molecular weight is 690 g/mol. The quantitative estimate of drug-likeness (QED) is 0.202. The molecule has 12 nitrogen and oxygen atoms in total. The van der Waals surface area contributed by atoms with Crippen molar-refractivity contribution in [3.05, 3.63) is 124 Å². The minimum absolute atomic E-state index is 0.0198. The van der Waals surface area contributed by atoms with Crippen LogP contribution in [-0.4, -0.2) is 45.7 Å². The summed E-state index contributed by atoms with van der Waals surface area (Å²) < 4.78 is 80.1. The highest BCUT2D eigenvalue weighted by Gasteiger charge is 2.16. The van der Waals surface area contributed by atoms with Gasteiger partial charge in [-0.05, 0) is 50.2 Å². The minimum atomic E-state index is -4.02. The molecule has 0 fully saturated rings. The van der Waals surface area contributed by atoms with Crippen LogP contribution in [0, 0.1) is 19.7 Å². The number of aromatic nitrogens is 4. The Balaban J connectivity index is 0.000000182. The molecule has 0 spiro atoms. The smallest absolute Gasteiger partial charge is 0.318 e. The highest BCUT2D eigenvalue weighted by atomic mass is 35.5. The van der Waals surface area contributed by atoms with E-state index in [2.05, 4.69) is 20.4 Å². The van der Waals surface area contributed by atoms with Crippen LogP contribution < -0.4 is 10.1 Å². The SMILES string of the molecule is Cc1ccc(S(=O)(=O)O)cc1.Cc1ccc(S(=O)(=O)O)cc1.Fc1cc(Cl)ccc1COc1nccc(-n2cc3c(n2)CNC3)n1. The van der Waals surface area contributed by atoms with Gasteiger partial charge in [-0.1, -0.05) is 53.1 Å². The maximum absolute atomic E-state index is 13.8. The lowest BCUT2D eigenvalue weighted by atomic mass is 10.2. The van der Waals surface area contributed by atoms with E-state index in [1.807, 2.05) is 20.0 Å². The van der Waals surface area contributed by atoms with Gasteiger partial charge in [-0.15, -0.1) is 0 Å². The summed E-state index contributed by atoms with van der Waals surface area (Å²) in [5.74, 6) is 0.181. The van der Waals surface area contributed by atoms with Crippen molar-refractivity contribution in [2.75, 3.05) is 0 Å². The lowest BCUT2D eigenvalue weighted by Gasteiger charge is -2.07. The first-order chi connectivity index (χ1) is 21.7. The number of fused-ring (bicyclic) bond motifs is 1. The summed E-state index contributed by atoms with van der Waals surface area (Å²) >= 11 is 5.73. The van der Waals surface area contributed by atoms with Gasteiger partial charge in [0.05, 0.1) is 15.5 Å². The van der Waals surface area contributed by atoms with E-state index in [9.17, 15) is 21.2 Å². The van der Waals surface area contributed by atoms with Crippen LogP contribution in [-0.2, 0) is 39.9 Å². The summed E-state index contributed by atoms with van der Waals surface area (Å²) in [5.41, 5.74) is 4.46. The predicted octanol–water partition coefficient (Wildman–Crippen LogP) is 5.12. The second-order valence-electron chi connectivity index (χ2n) is 9.95. The van der Waals surface area contributed by atoms with Crippen molar-refractivity contribution in [1.82, 2.24) is 25.1 Å². The number of nitrogens with one attached hydrogen (secondary N) is 1. The van der Waals surface area contributed by atoms with Gasteiger partial charge < -0.3 is 10.1 Å². The molecule has 1 aliphatic rings. The van der Waals surface area contributed by atoms with Crippen molar-refractivity contribution in [3.63, 3.8) is 0 Å². The molecule has 3 aromatic carbocycles. The number of benzene rings is 3. The number of aryl methyl sites for hydroxylation is 2. The van der Waals surface area contributed by atoms with E-state index in [4.69, 9.17) is 25.4 Å². The molecule has 3 N–H and O–H groups in total. The van der Waals surface area contributed by atoms with Crippen LogP contribution in [0.5, 0.6) is 6.01 Å². The number of nitrogens with zero attached hydrogens (tertiary/aromatic N) is 4. The number of halogens is 2. The standard InChI is InChI=1S/C16H13ClFN5O.2C7H8O3S/c17-12-2-1-10(13(18)5-12)9-24-16-20-4-3-15(21-16)23-8-11-6-19-7-14(11)22-23;2*1-6-2-4-7(5-3-6)11(8,9)10/h1-5,8,19H,6-7,9H2;2*2-5H,1H3,(H,8,9,10). The van der Waals surface area contributed by atoms with Crippen LogP contribution in [0.15, 0.2) is 95.0 Å². The first kappa shape index (κ1) is 34.6. The Kier molecular flexibility index (Phi) is 11.2. The number of rotatable bonds is 6. The van der Waals surface area contributed by atoms with E-state index in [1.165, 1.54) is 30.3 Å².